The number of hydrogen-bond acceptors (Lipinski definition) is 4. The minimum absolute atomic E-state index is 0.238. The third-order valence-electron chi connectivity index (χ3n) is 3.92. The van der Waals surface area contributed by atoms with Crippen LogP contribution in [0.25, 0.3) is 11.0 Å². The van der Waals surface area contributed by atoms with Crippen molar-refractivity contribution in [2.75, 3.05) is 5.32 Å². The van der Waals surface area contributed by atoms with E-state index in [2.05, 4.69) is 5.32 Å². The SMILES string of the molecule is Cc1cc(=O)oc2cc(NC(=O)Cn3cc(C(F)(F)F)cc(Cl)c3=O)ccc12. The molecule has 0 unspecified atom stereocenters. The first-order valence-electron chi connectivity index (χ1n) is 7.86. The zero-order valence-corrected chi connectivity index (χ0v) is 15.0. The van der Waals surface area contributed by atoms with Gasteiger partial charge in [0.25, 0.3) is 5.56 Å². The summed E-state index contributed by atoms with van der Waals surface area (Å²) < 4.78 is 44.2. The molecule has 0 bridgehead atoms. The van der Waals surface area contributed by atoms with E-state index in [-0.39, 0.29) is 11.3 Å². The van der Waals surface area contributed by atoms with Crippen LogP contribution in [0.3, 0.4) is 0 Å². The number of fused-ring (bicyclic) bond motifs is 1. The lowest BCUT2D eigenvalue weighted by Crippen LogP contribution is -2.29. The minimum atomic E-state index is -4.72. The van der Waals surface area contributed by atoms with E-state index >= 15 is 0 Å². The molecule has 1 N–H and O–H groups in total. The molecule has 0 spiro atoms. The number of nitrogens with one attached hydrogen (secondary N) is 1. The number of carbonyl (C=O) groups is 1. The number of rotatable bonds is 3. The normalized spacial score (nSPS) is 11.6. The van der Waals surface area contributed by atoms with Crippen LogP contribution in [0.15, 0.2) is 50.5 Å². The molecule has 0 fully saturated rings. The third-order valence-corrected chi connectivity index (χ3v) is 4.19. The smallest absolute Gasteiger partial charge is 0.417 e. The van der Waals surface area contributed by atoms with E-state index < -0.39 is 40.4 Å². The minimum Gasteiger partial charge on any atom is -0.423 e. The average Bonchev–Trinajstić information content (AvgIpc) is 2.57. The number of amides is 1. The van der Waals surface area contributed by atoms with E-state index in [9.17, 15) is 27.6 Å². The molecule has 1 amide bonds. The molecule has 2 aromatic heterocycles. The molecule has 2 heterocycles. The lowest BCUT2D eigenvalue weighted by molar-refractivity contribution is -0.138. The molecular weight excluding hydrogens is 401 g/mol. The second kappa shape index (κ2) is 7.16. The molecule has 0 saturated heterocycles. The number of carbonyl (C=O) groups excluding carboxylic acids is 1. The number of alkyl halides is 3. The van der Waals surface area contributed by atoms with Gasteiger partial charge in [0.05, 0.1) is 5.56 Å². The van der Waals surface area contributed by atoms with Crippen molar-refractivity contribution in [2.24, 2.45) is 0 Å². The molecule has 0 aliphatic carbocycles. The Morgan fingerprint density at radius 3 is 2.61 bits per heavy atom. The quantitative estimate of drug-likeness (QED) is 0.667. The topological polar surface area (TPSA) is 81.3 Å². The summed E-state index contributed by atoms with van der Waals surface area (Å²) in [5, 5.41) is 2.46. The summed E-state index contributed by atoms with van der Waals surface area (Å²) in [6.45, 7) is 1.04. The molecule has 6 nitrogen and oxygen atoms in total. The van der Waals surface area contributed by atoms with Crippen LogP contribution >= 0.6 is 11.6 Å². The number of nitrogens with zero attached hydrogens (tertiary/aromatic N) is 1. The highest BCUT2D eigenvalue weighted by molar-refractivity contribution is 6.30. The zero-order chi connectivity index (χ0) is 20.6. The molecule has 0 radical (unpaired) electrons. The number of hydrogen-bond donors (Lipinski definition) is 1. The molecule has 3 rings (SSSR count). The predicted molar refractivity (Wildman–Crippen MR) is 96.6 cm³/mol. The van der Waals surface area contributed by atoms with Crippen molar-refractivity contribution in [3.8, 4) is 0 Å². The molecular formula is C18H12ClF3N2O4. The molecule has 146 valence electrons. The summed E-state index contributed by atoms with van der Waals surface area (Å²) in [4.78, 5) is 35.6. The highest BCUT2D eigenvalue weighted by Gasteiger charge is 2.32. The lowest BCUT2D eigenvalue weighted by atomic mass is 10.1. The van der Waals surface area contributed by atoms with Crippen molar-refractivity contribution in [2.45, 2.75) is 19.6 Å². The van der Waals surface area contributed by atoms with Crippen LogP contribution in [0.1, 0.15) is 11.1 Å². The van der Waals surface area contributed by atoms with Crippen molar-refractivity contribution in [3.05, 3.63) is 73.5 Å². The second-order valence-corrected chi connectivity index (χ2v) is 6.42. The van der Waals surface area contributed by atoms with Crippen molar-refractivity contribution in [1.82, 2.24) is 4.57 Å². The maximum absolute atomic E-state index is 12.9. The fourth-order valence-electron chi connectivity index (χ4n) is 2.63. The van der Waals surface area contributed by atoms with Crippen LogP contribution in [-0.4, -0.2) is 10.5 Å². The van der Waals surface area contributed by atoms with Gasteiger partial charge in [-0.3, -0.25) is 9.59 Å². The Balaban J connectivity index is 1.87. The van der Waals surface area contributed by atoms with Crippen LogP contribution in [0.4, 0.5) is 18.9 Å². The van der Waals surface area contributed by atoms with Crippen LogP contribution in [0.2, 0.25) is 5.02 Å². The Morgan fingerprint density at radius 1 is 1.21 bits per heavy atom. The van der Waals surface area contributed by atoms with Gasteiger partial charge in [-0.15, -0.1) is 0 Å². The molecule has 10 heteroatoms. The molecule has 28 heavy (non-hydrogen) atoms. The van der Waals surface area contributed by atoms with E-state index in [1.54, 1.807) is 13.0 Å². The number of anilines is 1. The summed E-state index contributed by atoms with van der Waals surface area (Å²) in [5.74, 6) is -0.758. The van der Waals surface area contributed by atoms with E-state index in [0.29, 0.717) is 27.8 Å². The number of aryl methyl sites for hydroxylation is 1. The highest BCUT2D eigenvalue weighted by atomic mass is 35.5. The Bertz CT molecular complexity index is 1200. The summed E-state index contributed by atoms with van der Waals surface area (Å²) in [5.41, 5.74) is -1.45. The Morgan fingerprint density at radius 2 is 1.93 bits per heavy atom. The van der Waals surface area contributed by atoms with Gasteiger partial charge in [-0.1, -0.05) is 11.6 Å². The van der Waals surface area contributed by atoms with Crippen LogP contribution in [0, 0.1) is 6.92 Å². The van der Waals surface area contributed by atoms with Gasteiger partial charge in [-0.2, -0.15) is 13.2 Å². The standard InChI is InChI=1S/C18H12ClF3N2O4/c1-9-4-16(26)28-14-6-11(2-3-12(9)14)23-15(25)8-24-7-10(18(20,21)22)5-13(19)17(24)27/h2-7H,8H2,1H3,(H,23,25). The Labute approximate surface area is 160 Å². The first kappa shape index (κ1) is 19.7. The first-order chi connectivity index (χ1) is 13.0. The monoisotopic (exact) mass is 412 g/mol. The van der Waals surface area contributed by atoms with Crippen molar-refractivity contribution in [3.63, 3.8) is 0 Å². The first-order valence-corrected chi connectivity index (χ1v) is 8.24. The van der Waals surface area contributed by atoms with Gasteiger partial charge < -0.3 is 14.3 Å². The molecule has 3 aromatic rings. The van der Waals surface area contributed by atoms with Crippen LogP contribution in [-0.2, 0) is 17.5 Å². The average molecular weight is 413 g/mol. The summed E-state index contributed by atoms with van der Waals surface area (Å²) in [6, 6.07) is 6.39. The maximum atomic E-state index is 12.9. The third kappa shape index (κ3) is 4.09. The number of aromatic nitrogens is 1. The molecule has 1 aromatic carbocycles. The molecule has 0 atom stereocenters. The van der Waals surface area contributed by atoms with Gasteiger partial charge in [0, 0.05) is 29.4 Å². The summed E-state index contributed by atoms with van der Waals surface area (Å²) in [6.07, 6.45) is -4.19. The Kier molecular flexibility index (Phi) is 5.03. The van der Waals surface area contributed by atoms with Crippen molar-refractivity contribution < 1.29 is 22.4 Å². The predicted octanol–water partition coefficient (Wildman–Crippen LogP) is 3.57. The van der Waals surface area contributed by atoms with Gasteiger partial charge in [0.1, 0.15) is 17.2 Å². The second-order valence-electron chi connectivity index (χ2n) is 6.02. The number of pyridine rings is 1. The fourth-order valence-corrected chi connectivity index (χ4v) is 2.86. The maximum Gasteiger partial charge on any atom is 0.417 e. The molecule has 0 aliphatic heterocycles. The number of halogens is 4. The van der Waals surface area contributed by atoms with E-state index in [0.717, 1.165) is 0 Å². The summed E-state index contributed by atoms with van der Waals surface area (Å²) in [7, 11) is 0. The summed E-state index contributed by atoms with van der Waals surface area (Å²) >= 11 is 5.56. The lowest BCUT2D eigenvalue weighted by Gasteiger charge is -2.12. The van der Waals surface area contributed by atoms with Crippen molar-refractivity contribution in [1.29, 1.82) is 0 Å². The van der Waals surface area contributed by atoms with E-state index in [4.69, 9.17) is 16.0 Å². The van der Waals surface area contributed by atoms with Gasteiger partial charge in [-0.25, -0.2) is 4.79 Å². The van der Waals surface area contributed by atoms with Crippen molar-refractivity contribution >= 4 is 34.2 Å². The van der Waals surface area contributed by atoms with Gasteiger partial charge in [-0.05, 0) is 30.7 Å². The molecule has 0 aliphatic rings. The molecule has 0 saturated carbocycles. The van der Waals surface area contributed by atoms with Crippen LogP contribution in [0.5, 0.6) is 0 Å². The van der Waals surface area contributed by atoms with Crippen LogP contribution < -0.4 is 16.5 Å². The van der Waals surface area contributed by atoms with Gasteiger partial charge >= 0.3 is 11.8 Å². The highest BCUT2D eigenvalue weighted by Crippen LogP contribution is 2.29. The van der Waals surface area contributed by atoms with Gasteiger partial charge in [0.15, 0.2) is 0 Å². The zero-order valence-electron chi connectivity index (χ0n) is 14.3. The Hall–Kier alpha value is -3.07. The van der Waals surface area contributed by atoms with E-state index in [1.165, 1.54) is 18.2 Å². The van der Waals surface area contributed by atoms with E-state index in [1.807, 2.05) is 0 Å². The van der Waals surface area contributed by atoms with Gasteiger partial charge in [0.2, 0.25) is 5.91 Å². The largest absolute Gasteiger partial charge is 0.423 e. The number of benzene rings is 1. The fraction of sp³-hybridized carbons (Fsp3) is 0.167.